The third-order valence-corrected chi connectivity index (χ3v) is 3.27. The third kappa shape index (κ3) is 4.46. The summed E-state index contributed by atoms with van der Waals surface area (Å²) in [6.45, 7) is 0.738. The van der Waals surface area contributed by atoms with Crippen LogP contribution >= 0.6 is 11.6 Å². The van der Waals surface area contributed by atoms with Crippen molar-refractivity contribution in [3.63, 3.8) is 0 Å². The van der Waals surface area contributed by atoms with Gasteiger partial charge in [-0.3, -0.25) is 0 Å². The highest BCUT2D eigenvalue weighted by Gasteiger charge is 2.12. The van der Waals surface area contributed by atoms with E-state index in [4.69, 9.17) is 16.3 Å². The first-order valence-electron chi connectivity index (χ1n) is 6.72. The number of rotatable bonds is 6. The molecule has 21 heavy (non-hydrogen) atoms. The maximum absolute atomic E-state index is 11.6. The second-order valence-corrected chi connectivity index (χ2v) is 4.99. The van der Waals surface area contributed by atoms with Gasteiger partial charge in [0, 0.05) is 17.8 Å². The van der Waals surface area contributed by atoms with E-state index in [1.807, 2.05) is 24.3 Å². The van der Waals surface area contributed by atoms with Gasteiger partial charge in [-0.05, 0) is 42.7 Å². The SMILES string of the molecule is COC(=O)c1ncccc1NCCCc1cccc(Cl)c1. The molecule has 2 rings (SSSR count). The summed E-state index contributed by atoms with van der Waals surface area (Å²) in [6, 6.07) is 11.4. The van der Waals surface area contributed by atoms with Crippen LogP contribution in [0.1, 0.15) is 22.5 Å². The van der Waals surface area contributed by atoms with E-state index in [-0.39, 0.29) is 0 Å². The molecule has 0 amide bonds. The lowest BCUT2D eigenvalue weighted by atomic mass is 10.1. The van der Waals surface area contributed by atoms with Gasteiger partial charge in [0.15, 0.2) is 5.69 Å². The van der Waals surface area contributed by atoms with Crippen molar-refractivity contribution in [3.05, 3.63) is 58.9 Å². The monoisotopic (exact) mass is 304 g/mol. The second-order valence-electron chi connectivity index (χ2n) is 4.55. The summed E-state index contributed by atoms with van der Waals surface area (Å²) in [6.07, 6.45) is 3.42. The van der Waals surface area contributed by atoms with Crippen LogP contribution in [-0.2, 0) is 11.2 Å². The van der Waals surface area contributed by atoms with E-state index in [9.17, 15) is 4.79 Å². The van der Waals surface area contributed by atoms with Crippen LogP contribution in [0.2, 0.25) is 5.02 Å². The van der Waals surface area contributed by atoms with E-state index < -0.39 is 5.97 Å². The molecule has 1 heterocycles. The number of nitrogens with one attached hydrogen (secondary N) is 1. The van der Waals surface area contributed by atoms with Gasteiger partial charge in [0.2, 0.25) is 0 Å². The standard InChI is InChI=1S/C16H17ClN2O2/c1-21-16(20)15-14(8-4-10-19-15)18-9-3-6-12-5-2-7-13(17)11-12/h2,4-5,7-8,10-11,18H,3,6,9H2,1H3. The molecule has 1 aromatic heterocycles. The molecule has 4 nitrogen and oxygen atoms in total. The lowest BCUT2D eigenvalue weighted by Crippen LogP contribution is -2.11. The minimum atomic E-state index is -0.437. The van der Waals surface area contributed by atoms with Crippen molar-refractivity contribution >= 4 is 23.3 Å². The van der Waals surface area contributed by atoms with Gasteiger partial charge >= 0.3 is 5.97 Å². The zero-order valence-corrected chi connectivity index (χ0v) is 12.6. The minimum Gasteiger partial charge on any atom is -0.464 e. The van der Waals surface area contributed by atoms with Gasteiger partial charge in [-0.25, -0.2) is 9.78 Å². The lowest BCUT2D eigenvalue weighted by molar-refractivity contribution is 0.0595. The lowest BCUT2D eigenvalue weighted by Gasteiger charge is -2.09. The van der Waals surface area contributed by atoms with Crippen molar-refractivity contribution in [2.24, 2.45) is 0 Å². The van der Waals surface area contributed by atoms with Gasteiger partial charge in [-0.1, -0.05) is 23.7 Å². The Kier molecular flexibility index (Phi) is 5.58. The number of aromatic nitrogens is 1. The van der Waals surface area contributed by atoms with Crippen LogP contribution in [0.5, 0.6) is 0 Å². The normalized spacial score (nSPS) is 10.2. The van der Waals surface area contributed by atoms with Crippen molar-refractivity contribution in [3.8, 4) is 0 Å². The van der Waals surface area contributed by atoms with E-state index in [2.05, 4.69) is 16.4 Å². The van der Waals surface area contributed by atoms with Gasteiger partial charge in [-0.15, -0.1) is 0 Å². The molecule has 1 N–H and O–H groups in total. The average Bonchev–Trinajstić information content (AvgIpc) is 2.51. The number of carbonyl (C=O) groups excluding carboxylic acids is 1. The van der Waals surface area contributed by atoms with Crippen molar-refractivity contribution in [2.75, 3.05) is 19.0 Å². The largest absolute Gasteiger partial charge is 0.464 e. The fourth-order valence-electron chi connectivity index (χ4n) is 2.02. The quantitative estimate of drug-likeness (QED) is 0.655. The van der Waals surface area contributed by atoms with Gasteiger partial charge in [0.05, 0.1) is 12.8 Å². The van der Waals surface area contributed by atoms with Gasteiger partial charge in [-0.2, -0.15) is 0 Å². The Hall–Kier alpha value is -2.07. The van der Waals surface area contributed by atoms with Crippen LogP contribution in [0.4, 0.5) is 5.69 Å². The summed E-state index contributed by atoms with van der Waals surface area (Å²) in [4.78, 5) is 15.6. The Morgan fingerprint density at radius 3 is 2.95 bits per heavy atom. The Balaban J connectivity index is 1.88. The topological polar surface area (TPSA) is 51.2 Å². The molecule has 0 saturated heterocycles. The predicted molar refractivity (Wildman–Crippen MR) is 83.8 cm³/mol. The number of hydrogen-bond donors (Lipinski definition) is 1. The Labute approximate surface area is 129 Å². The molecule has 1 aromatic carbocycles. The molecule has 0 atom stereocenters. The number of nitrogens with zero attached hydrogens (tertiary/aromatic N) is 1. The van der Waals surface area contributed by atoms with Crippen LogP contribution in [0.3, 0.4) is 0 Å². The first-order valence-corrected chi connectivity index (χ1v) is 7.10. The molecule has 0 bridgehead atoms. The third-order valence-electron chi connectivity index (χ3n) is 3.03. The van der Waals surface area contributed by atoms with Crippen LogP contribution in [0.15, 0.2) is 42.6 Å². The average molecular weight is 305 g/mol. The molecule has 0 aliphatic carbocycles. The van der Waals surface area contributed by atoms with Gasteiger partial charge < -0.3 is 10.1 Å². The number of anilines is 1. The van der Waals surface area contributed by atoms with Crippen molar-refractivity contribution in [2.45, 2.75) is 12.8 Å². The van der Waals surface area contributed by atoms with Crippen LogP contribution < -0.4 is 5.32 Å². The zero-order valence-electron chi connectivity index (χ0n) is 11.8. The Morgan fingerprint density at radius 2 is 2.19 bits per heavy atom. The highest BCUT2D eigenvalue weighted by Crippen LogP contribution is 2.15. The number of carbonyl (C=O) groups is 1. The van der Waals surface area contributed by atoms with E-state index in [0.29, 0.717) is 11.4 Å². The van der Waals surface area contributed by atoms with Crippen LogP contribution in [0.25, 0.3) is 0 Å². The molecule has 0 unspecified atom stereocenters. The summed E-state index contributed by atoms with van der Waals surface area (Å²) in [5.41, 5.74) is 2.20. The first kappa shape index (κ1) is 15.3. The van der Waals surface area contributed by atoms with E-state index in [0.717, 1.165) is 24.4 Å². The number of halogens is 1. The Bertz CT molecular complexity index is 617. The van der Waals surface area contributed by atoms with Crippen molar-refractivity contribution in [1.29, 1.82) is 0 Å². The fourth-order valence-corrected chi connectivity index (χ4v) is 2.23. The number of aryl methyl sites for hydroxylation is 1. The zero-order chi connectivity index (χ0) is 15.1. The highest BCUT2D eigenvalue weighted by molar-refractivity contribution is 6.30. The molecule has 0 saturated carbocycles. The number of pyridine rings is 1. The maximum atomic E-state index is 11.6. The van der Waals surface area contributed by atoms with Crippen LogP contribution in [0, 0.1) is 0 Å². The molecule has 0 aliphatic rings. The molecular weight excluding hydrogens is 288 g/mol. The number of hydrogen-bond acceptors (Lipinski definition) is 4. The fraction of sp³-hybridized carbons (Fsp3) is 0.250. The molecular formula is C16H17ClN2O2. The number of methoxy groups -OCH3 is 1. The van der Waals surface area contributed by atoms with E-state index in [1.165, 1.54) is 12.7 Å². The maximum Gasteiger partial charge on any atom is 0.358 e. The molecule has 0 fully saturated rings. The summed E-state index contributed by atoms with van der Waals surface area (Å²) < 4.78 is 4.71. The summed E-state index contributed by atoms with van der Waals surface area (Å²) in [5, 5.41) is 3.97. The summed E-state index contributed by atoms with van der Waals surface area (Å²) in [7, 11) is 1.35. The van der Waals surface area contributed by atoms with Gasteiger partial charge in [0.25, 0.3) is 0 Å². The summed E-state index contributed by atoms with van der Waals surface area (Å²) >= 11 is 5.95. The van der Waals surface area contributed by atoms with Crippen LogP contribution in [-0.4, -0.2) is 24.6 Å². The van der Waals surface area contributed by atoms with Gasteiger partial charge in [0.1, 0.15) is 0 Å². The van der Waals surface area contributed by atoms with E-state index >= 15 is 0 Å². The van der Waals surface area contributed by atoms with E-state index in [1.54, 1.807) is 12.3 Å². The second kappa shape index (κ2) is 7.64. The molecule has 0 aliphatic heterocycles. The smallest absolute Gasteiger partial charge is 0.358 e. The van der Waals surface area contributed by atoms with Crippen molar-refractivity contribution in [1.82, 2.24) is 4.98 Å². The predicted octanol–water partition coefficient (Wildman–Crippen LogP) is 3.57. The molecule has 0 radical (unpaired) electrons. The minimum absolute atomic E-state index is 0.308. The molecule has 0 spiro atoms. The summed E-state index contributed by atoms with van der Waals surface area (Å²) in [5.74, 6) is -0.437. The molecule has 5 heteroatoms. The number of esters is 1. The molecule has 110 valence electrons. The number of ether oxygens (including phenoxy) is 1. The van der Waals surface area contributed by atoms with Crippen molar-refractivity contribution < 1.29 is 9.53 Å². The Morgan fingerprint density at radius 1 is 1.33 bits per heavy atom. The first-order chi connectivity index (χ1) is 10.2. The number of benzene rings is 1. The molecule has 2 aromatic rings. The highest BCUT2D eigenvalue weighted by atomic mass is 35.5.